The van der Waals surface area contributed by atoms with E-state index < -0.39 is 35.3 Å². The van der Waals surface area contributed by atoms with Crippen LogP contribution in [0.5, 0.6) is 11.5 Å². The summed E-state index contributed by atoms with van der Waals surface area (Å²) in [5.41, 5.74) is -0.0744. The molecule has 3 N–H and O–H groups in total. The number of carbonyl (C=O) groups is 3. The van der Waals surface area contributed by atoms with Gasteiger partial charge in [-0.25, -0.2) is 0 Å². The molecule has 0 bridgehead atoms. The van der Waals surface area contributed by atoms with Crippen LogP contribution in [-0.4, -0.2) is 52.1 Å². The molecule has 8 nitrogen and oxygen atoms in total. The number of nitrogens with zero attached hydrogens (tertiary/aromatic N) is 1. The molecule has 0 unspecified atom stereocenters. The summed E-state index contributed by atoms with van der Waals surface area (Å²) >= 11 is 0. The van der Waals surface area contributed by atoms with E-state index in [9.17, 15) is 24.6 Å². The average molecular weight is 424 g/mol. The van der Waals surface area contributed by atoms with E-state index in [0.717, 1.165) is 0 Å². The average Bonchev–Trinajstić information content (AvgIpc) is 3.24. The number of methoxy groups -OCH3 is 1. The molecule has 2 aliphatic rings. The number of fused-ring (bicyclic) bond motifs is 1. The molecule has 2 aromatic rings. The number of phenols is 2. The third-order valence-corrected chi connectivity index (χ3v) is 6.28. The van der Waals surface area contributed by atoms with Crippen LogP contribution in [0.25, 0.3) is 0 Å². The zero-order chi connectivity index (χ0) is 22.3. The van der Waals surface area contributed by atoms with Gasteiger partial charge in [0.2, 0.25) is 11.8 Å². The number of hydrogen-bond donors (Lipinski definition) is 3. The van der Waals surface area contributed by atoms with E-state index in [1.807, 2.05) is 0 Å². The van der Waals surface area contributed by atoms with Crippen molar-refractivity contribution in [1.29, 1.82) is 0 Å². The number of hydrogen-bond acceptors (Lipinski definition) is 7. The van der Waals surface area contributed by atoms with Gasteiger partial charge in [0.25, 0.3) is 0 Å². The third kappa shape index (κ3) is 3.23. The second kappa shape index (κ2) is 7.70. The van der Waals surface area contributed by atoms with Crippen LogP contribution in [0.4, 0.5) is 0 Å². The van der Waals surface area contributed by atoms with Crippen molar-refractivity contribution in [1.82, 2.24) is 10.2 Å². The molecule has 2 heterocycles. The second-order valence-corrected chi connectivity index (χ2v) is 7.94. The molecule has 4 atom stereocenters. The molecule has 2 fully saturated rings. The maximum Gasteiger partial charge on any atom is 0.327 e. The van der Waals surface area contributed by atoms with Gasteiger partial charge < -0.3 is 14.9 Å². The van der Waals surface area contributed by atoms with E-state index in [1.54, 1.807) is 31.2 Å². The van der Waals surface area contributed by atoms with Gasteiger partial charge in [-0.05, 0) is 42.3 Å². The number of phenolic OH excluding ortho intramolecular Hbond substituents is 2. The lowest BCUT2D eigenvalue weighted by Gasteiger charge is -2.32. The Kier molecular flexibility index (Phi) is 5.18. The Morgan fingerprint density at radius 1 is 1.03 bits per heavy atom. The molecule has 162 valence electrons. The fourth-order valence-electron chi connectivity index (χ4n) is 4.88. The maximum atomic E-state index is 13.3. The summed E-state index contributed by atoms with van der Waals surface area (Å²) in [7, 11) is 1.25. The molecule has 0 aliphatic carbocycles. The number of esters is 1. The van der Waals surface area contributed by atoms with Crippen LogP contribution in [-0.2, 0) is 25.5 Å². The molecule has 2 saturated heterocycles. The summed E-state index contributed by atoms with van der Waals surface area (Å²) in [6, 6.07) is 12.1. The van der Waals surface area contributed by atoms with Gasteiger partial charge in [0, 0.05) is 19.0 Å². The zero-order valence-corrected chi connectivity index (χ0v) is 17.2. The molecule has 2 amide bonds. The summed E-state index contributed by atoms with van der Waals surface area (Å²) in [4.78, 5) is 40.9. The van der Waals surface area contributed by atoms with Crippen LogP contribution < -0.4 is 5.32 Å². The van der Waals surface area contributed by atoms with Crippen molar-refractivity contribution in [2.75, 3.05) is 13.7 Å². The zero-order valence-electron chi connectivity index (χ0n) is 17.2. The van der Waals surface area contributed by atoms with Crippen molar-refractivity contribution >= 4 is 17.8 Å². The van der Waals surface area contributed by atoms with Crippen LogP contribution >= 0.6 is 0 Å². The molecule has 31 heavy (non-hydrogen) atoms. The highest BCUT2D eigenvalue weighted by Crippen LogP contribution is 2.50. The van der Waals surface area contributed by atoms with Crippen LogP contribution in [0.1, 0.15) is 24.1 Å². The molecule has 4 rings (SSSR count). The van der Waals surface area contributed by atoms with Crippen LogP contribution in [0.2, 0.25) is 0 Å². The molecule has 0 aromatic heterocycles. The minimum Gasteiger partial charge on any atom is -0.508 e. The number of carbonyl (C=O) groups excluding carboxylic acids is 3. The van der Waals surface area contributed by atoms with E-state index in [1.165, 1.54) is 36.3 Å². The van der Waals surface area contributed by atoms with Crippen LogP contribution in [0.3, 0.4) is 0 Å². The first-order chi connectivity index (χ1) is 14.8. The molecule has 2 aromatic carbocycles. The Morgan fingerprint density at radius 2 is 1.61 bits per heavy atom. The van der Waals surface area contributed by atoms with Crippen molar-refractivity contribution in [3.63, 3.8) is 0 Å². The lowest BCUT2D eigenvalue weighted by atomic mass is 9.76. The Bertz CT molecular complexity index is 1020. The van der Waals surface area contributed by atoms with Gasteiger partial charge in [-0.1, -0.05) is 24.3 Å². The van der Waals surface area contributed by atoms with E-state index >= 15 is 0 Å². The quantitative estimate of drug-likeness (QED) is 0.492. The number of rotatable bonds is 5. The topological polar surface area (TPSA) is 116 Å². The molecule has 0 radical (unpaired) electrons. The maximum absolute atomic E-state index is 13.3. The predicted molar refractivity (Wildman–Crippen MR) is 110 cm³/mol. The Balaban J connectivity index is 1.85. The highest BCUT2D eigenvalue weighted by atomic mass is 16.5. The van der Waals surface area contributed by atoms with Crippen LogP contribution in [0.15, 0.2) is 48.5 Å². The summed E-state index contributed by atoms with van der Waals surface area (Å²) in [5, 5.41) is 22.5. The first-order valence-corrected chi connectivity index (χ1v) is 10.1. The number of amides is 2. The Hall–Kier alpha value is -3.39. The van der Waals surface area contributed by atoms with Crippen LogP contribution in [0, 0.1) is 11.8 Å². The van der Waals surface area contributed by atoms with Gasteiger partial charge in [-0.3, -0.25) is 24.6 Å². The minimum absolute atomic E-state index is 0.0747. The summed E-state index contributed by atoms with van der Waals surface area (Å²) in [6.07, 6.45) is 0.103. The number of benzene rings is 2. The van der Waals surface area contributed by atoms with Gasteiger partial charge in [0.05, 0.1) is 18.9 Å². The molecular formula is C23H24N2O6. The van der Waals surface area contributed by atoms with Gasteiger partial charge in [0.15, 0.2) is 0 Å². The first-order valence-electron chi connectivity index (χ1n) is 10.1. The smallest absolute Gasteiger partial charge is 0.327 e. The summed E-state index contributed by atoms with van der Waals surface area (Å²) < 4.78 is 5.12. The fraction of sp³-hybridized carbons (Fsp3) is 0.348. The molecule has 0 saturated carbocycles. The van der Waals surface area contributed by atoms with Gasteiger partial charge in [0.1, 0.15) is 17.0 Å². The fourth-order valence-corrected chi connectivity index (χ4v) is 4.88. The third-order valence-electron chi connectivity index (χ3n) is 6.28. The largest absolute Gasteiger partial charge is 0.508 e. The van der Waals surface area contributed by atoms with Crippen molar-refractivity contribution in [2.45, 2.75) is 24.9 Å². The van der Waals surface area contributed by atoms with Gasteiger partial charge >= 0.3 is 5.97 Å². The Labute approximate surface area is 179 Å². The van der Waals surface area contributed by atoms with E-state index in [2.05, 4.69) is 5.32 Å². The number of nitrogens with one attached hydrogen (secondary N) is 1. The normalized spacial score (nSPS) is 27.4. The van der Waals surface area contributed by atoms with E-state index in [0.29, 0.717) is 11.1 Å². The number of imide groups is 1. The Morgan fingerprint density at radius 3 is 2.16 bits per heavy atom. The standard InChI is InChI=1S/C23H24N2O6/c1-3-25-20(28)17-18(21(25)29)23(22(30)31-2,12-13-4-8-15(26)9-5-13)24-19(17)14-6-10-16(27)11-7-14/h4-11,17-19,24,26-27H,3,12H2,1-2H3/t17-,18+,19-,23-/m1/s1. The van der Waals surface area contributed by atoms with Crippen molar-refractivity contribution < 1.29 is 29.3 Å². The second-order valence-electron chi connectivity index (χ2n) is 7.94. The van der Waals surface area contributed by atoms with Gasteiger partial charge in [-0.15, -0.1) is 0 Å². The lowest BCUT2D eigenvalue weighted by molar-refractivity contribution is -0.154. The van der Waals surface area contributed by atoms with Crippen molar-refractivity contribution in [3.05, 3.63) is 59.7 Å². The molecule has 8 heteroatoms. The number of aromatic hydroxyl groups is 2. The highest BCUT2D eigenvalue weighted by molar-refractivity contribution is 6.09. The summed E-state index contributed by atoms with van der Waals surface area (Å²) in [5.74, 6) is -2.94. The molecule has 2 aliphatic heterocycles. The van der Waals surface area contributed by atoms with Crippen molar-refractivity contribution in [3.8, 4) is 11.5 Å². The first kappa shape index (κ1) is 20.9. The van der Waals surface area contributed by atoms with Gasteiger partial charge in [-0.2, -0.15) is 0 Å². The van der Waals surface area contributed by atoms with Crippen molar-refractivity contribution in [2.24, 2.45) is 11.8 Å². The monoisotopic (exact) mass is 424 g/mol. The molecular weight excluding hydrogens is 400 g/mol. The number of ether oxygens (including phenoxy) is 1. The van der Waals surface area contributed by atoms with E-state index in [-0.39, 0.29) is 30.4 Å². The lowest BCUT2D eigenvalue weighted by Crippen LogP contribution is -2.57. The molecule has 0 spiro atoms. The number of likely N-dealkylation sites (tertiary alicyclic amines) is 1. The summed E-state index contributed by atoms with van der Waals surface area (Å²) in [6.45, 7) is 1.93. The highest BCUT2D eigenvalue weighted by Gasteiger charge is 2.68. The minimum atomic E-state index is -1.46. The SMILES string of the molecule is CCN1C(=O)[C@H]2[C@@H](c3ccc(O)cc3)N[C@@](Cc3ccc(O)cc3)(C(=O)OC)[C@@H]2C1=O. The predicted octanol–water partition coefficient (Wildman–Crippen LogP) is 1.52. The van der Waals surface area contributed by atoms with E-state index in [4.69, 9.17) is 4.74 Å².